The lowest BCUT2D eigenvalue weighted by molar-refractivity contribution is 0.0714. The van der Waals surface area contributed by atoms with E-state index in [2.05, 4.69) is 0 Å². The molecule has 5 heteroatoms. The largest absolute Gasteiger partial charge is 0.399 e. The summed E-state index contributed by atoms with van der Waals surface area (Å²) in [6, 6.07) is 13.2. The number of carbonyl (C=O) groups is 2. The van der Waals surface area contributed by atoms with Crippen molar-refractivity contribution in [3.05, 3.63) is 59.7 Å². The number of ketones is 1. The van der Waals surface area contributed by atoms with Crippen molar-refractivity contribution in [1.82, 2.24) is 0 Å². The molecule has 118 valence electrons. The molecular formula is C18H17FN2O2. The lowest BCUT2D eigenvalue weighted by atomic mass is 9.94. The number of fused-ring (bicyclic) bond motifs is 1. The number of amides is 1. The summed E-state index contributed by atoms with van der Waals surface area (Å²) in [6.07, 6.45) is -0.0405. The zero-order valence-corrected chi connectivity index (χ0v) is 12.8. The molecule has 0 aliphatic carbocycles. The van der Waals surface area contributed by atoms with Crippen LogP contribution in [0.2, 0.25) is 0 Å². The smallest absolute Gasteiger partial charge is 0.258 e. The molecule has 0 aromatic heterocycles. The third-order valence-corrected chi connectivity index (χ3v) is 4.12. The first-order valence-electron chi connectivity index (χ1n) is 7.40. The zero-order valence-electron chi connectivity index (χ0n) is 12.8. The van der Waals surface area contributed by atoms with Crippen molar-refractivity contribution in [2.45, 2.75) is 19.0 Å². The minimum atomic E-state index is -1.98. The molecule has 1 amide bonds. The molecule has 1 atom stereocenters. The molecule has 1 heterocycles. The van der Waals surface area contributed by atoms with Gasteiger partial charge in [-0.3, -0.25) is 9.59 Å². The topological polar surface area (TPSA) is 63.4 Å². The second-order valence-electron chi connectivity index (χ2n) is 5.87. The van der Waals surface area contributed by atoms with Gasteiger partial charge in [0.1, 0.15) is 0 Å². The van der Waals surface area contributed by atoms with Gasteiger partial charge in [-0.15, -0.1) is 0 Å². The molecule has 2 aromatic carbocycles. The molecule has 1 aliphatic heterocycles. The van der Waals surface area contributed by atoms with Gasteiger partial charge in [0.2, 0.25) is 5.78 Å². The fourth-order valence-electron chi connectivity index (χ4n) is 2.73. The van der Waals surface area contributed by atoms with E-state index in [4.69, 9.17) is 5.73 Å². The number of anilines is 2. The molecule has 0 saturated heterocycles. The molecular weight excluding hydrogens is 295 g/mol. The fraction of sp³-hybridized carbons (Fsp3) is 0.222. The Bertz CT molecular complexity index is 769. The molecule has 2 N–H and O–H groups in total. The SMILES string of the molecule is CC1(F)CCN(C(=O)c2ccc(N)cc2)c2ccccc2C1=O. The molecule has 0 fully saturated rings. The van der Waals surface area contributed by atoms with Crippen LogP contribution in [-0.4, -0.2) is 23.9 Å². The van der Waals surface area contributed by atoms with E-state index in [-0.39, 0.29) is 24.4 Å². The lowest BCUT2D eigenvalue weighted by Gasteiger charge is -2.22. The third kappa shape index (κ3) is 2.70. The number of para-hydroxylation sites is 1. The molecule has 3 rings (SSSR count). The van der Waals surface area contributed by atoms with Crippen molar-refractivity contribution in [2.24, 2.45) is 0 Å². The van der Waals surface area contributed by atoms with Gasteiger partial charge in [-0.25, -0.2) is 4.39 Å². The lowest BCUT2D eigenvalue weighted by Crippen LogP contribution is -2.34. The van der Waals surface area contributed by atoms with Gasteiger partial charge < -0.3 is 10.6 Å². The minimum absolute atomic E-state index is 0.0405. The van der Waals surface area contributed by atoms with Crippen LogP contribution in [0.3, 0.4) is 0 Å². The van der Waals surface area contributed by atoms with E-state index in [0.29, 0.717) is 16.9 Å². The van der Waals surface area contributed by atoms with E-state index in [1.165, 1.54) is 11.8 Å². The molecule has 0 spiro atoms. The summed E-state index contributed by atoms with van der Waals surface area (Å²) in [5, 5.41) is 0. The van der Waals surface area contributed by atoms with Gasteiger partial charge in [-0.1, -0.05) is 12.1 Å². The number of benzene rings is 2. The van der Waals surface area contributed by atoms with Crippen molar-refractivity contribution in [1.29, 1.82) is 0 Å². The second-order valence-corrected chi connectivity index (χ2v) is 5.87. The summed E-state index contributed by atoms with van der Waals surface area (Å²) in [6.45, 7) is 1.41. The van der Waals surface area contributed by atoms with Gasteiger partial charge in [0.05, 0.1) is 5.69 Å². The van der Waals surface area contributed by atoms with Gasteiger partial charge in [0.25, 0.3) is 5.91 Å². The summed E-state index contributed by atoms with van der Waals surface area (Å²) < 4.78 is 14.6. The van der Waals surface area contributed by atoms with Crippen LogP contribution in [0.1, 0.15) is 34.1 Å². The average molecular weight is 312 g/mol. The van der Waals surface area contributed by atoms with Gasteiger partial charge in [0, 0.05) is 29.8 Å². The van der Waals surface area contributed by atoms with Crippen LogP contribution in [0.4, 0.5) is 15.8 Å². The Morgan fingerprint density at radius 2 is 1.83 bits per heavy atom. The number of nitrogen functional groups attached to an aromatic ring is 1. The maximum absolute atomic E-state index is 14.6. The summed E-state index contributed by atoms with van der Waals surface area (Å²) in [4.78, 5) is 26.6. The number of nitrogens with two attached hydrogens (primary N) is 1. The second kappa shape index (κ2) is 5.50. The Kier molecular flexibility index (Phi) is 3.64. The van der Waals surface area contributed by atoms with Crippen molar-refractivity contribution >= 4 is 23.1 Å². The number of halogens is 1. The minimum Gasteiger partial charge on any atom is -0.399 e. The van der Waals surface area contributed by atoms with Crippen molar-refractivity contribution in [2.75, 3.05) is 17.2 Å². The number of carbonyl (C=O) groups excluding carboxylic acids is 2. The molecule has 0 radical (unpaired) electrons. The van der Waals surface area contributed by atoms with Crippen LogP contribution < -0.4 is 10.6 Å². The predicted molar refractivity (Wildman–Crippen MR) is 87.4 cm³/mol. The zero-order chi connectivity index (χ0) is 16.6. The average Bonchev–Trinajstić information content (AvgIpc) is 2.64. The van der Waals surface area contributed by atoms with Gasteiger partial charge in [-0.05, 0) is 43.3 Å². The first kappa shape index (κ1) is 15.2. The van der Waals surface area contributed by atoms with E-state index in [0.717, 1.165) is 0 Å². The number of Topliss-reactive ketones (excluding diaryl/α,β-unsaturated/α-hetero) is 1. The van der Waals surface area contributed by atoms with Crippen LogP contribution in [-0.2, 0) is 0 Å². The Morgan fingerprint density at radius 3 is 2.52 bits per heavy atom. The first-order valence-corrected chi connectivity index (χ1v) is 7.40. The third-order valence-electron chi connectivity index (χ3n) is 4.12. The number of hydrogen-bond acceptors (Lipinski definition) is 3. The Hall–Kier alpha value is -2.69. The quantitative estimate of drug-likeness (QED) is 0.822. The maximum atomic E-state index is 14.6. The first-order chi connectivity index (χ1) is 10.9. The summed E-state index contributed by atoms with van der Waals surface area (Å²) in [5.41, 5.74) is 5.35. The van der Waals surface area contributed by atoms with Crippen LogP contribution >= 0.6 is 0 Å². The van der Waals surface area contributed by atoms with E-state index < -0.39 is 11.5 Å². The van der Waals surface area contributed by atoms with Crippen LogP contribution in [0.15, 0.2) is 48.5 Å². The predicted octanol–water partition coefficient (Wildman–Crippen LogP) is 3.23. The standard InChI is InChI=1S/C18H17FN2O2/c1-18(19)10-11-21(15-5-3-2-4-14(15)16(18)22)17(23)12-6-8-13(20)9-7-12/h2-9H,10-11,20H2,1H3. The highest BCUT2D eigenvalue weighted by Crippen LogP contribution is 2.33. The maximum Gasteiger partial charge on any atom is 0.258 e. The van der Waals surface area contributed by atoms with E-state index >= 15 is 0 Å². The highest BCUT2D eigenvalue weighted by Gasteiger charge is 2.40. The molecule has 1 unspecified atom stereocenters. The molecule has 2 aromatic rings. The summed E-state index contributed by atoms with van der Waals surface area (Å²) in [5.74, 6) is -0.858. The number of rotatable bonds is 1. The molecule has 0 saturated carbocycles. The van der Waals surface area contributed by atoms with Crippen molar-refractivity contribution in [3.8, 4) is 0 Å². The highest BCUT2D eigenvalue weighted by atomic mass is 19.1. The van der Waals surface area contributed by atoms with Crippen molar-refractivity contribution < 1.29 is 14.0 Å². The van der Waals surface area contributed by atoms with Crippen LogP contribution in [0.25, 0.3) is 0 Å². The van der Waals surface area contributed by atoms with Crippen molar-refractivity contribution in [3.63, 3.8) is 0 Å². The normalized spacial score (nSPS) is 20.8. The highest BCUT2D eigenvalue weighted by molar-refractivity contribution is 6.13. The Morgan fingerprint density at radius 1 is 1.17 bits per heavy atom. The van der Waals surface area contributed by atoms with E-state index in [1.54, 1.807) is 48.5 Å². The fourth-order valence-corrected chi connectivity index (χ4v) is 2.73. The number of alkyl halides is 1. The monoisotopic (exact) mass is 312 g/mol. The molecule has 23 heavy (non-hydrogen) atoms. The van der Waals surface area contributed by atoms with E-state index in [1.807, 2.05) is 0 Å². The molecule has 1 aliphatic rings. The molecule has 0 bridgehead atoms. The Labute approximate surface area is 133 Å². The van der Waals surface area contributed by atoms with Crippen LogP contribution in [0, 0.1) is 0 Å². The number of nitrogens with zero attached hydrogens (tertiary/aromatic N) is 1. The number of hydrogen-bond donors (Lipinski definition) is 1. The Balaban J connectivity index is 2.06. The summed E-state index contributed by atoms with van der Waals surface area (Å²) >= 11 is 0. The van der Waals surface area contributed by atoms with Gasteiger partial charge in [-0.2, -0.15) is 0 Å². The van der Waals surface area contributed by atoms with E-state index in [9.17, 15) is 14.0 Å². The van der Waals surface area contributed by atoms with Crippen LogP contribution in [0.5, 0.6) is 0 Å². The van der Waals surface area contributed by atoms with Gasteiger partial charge >= 0.3 is 0 Å². The summed E-state index contributed by atoms with van der Waals surface area (Å²) in [7, 11) is 0. The molecule has 4 nitrogen and oxygen atoms in total. The van der Waals surface area contributed by atoms with Gasteiger partial charge in [0.15, 0.2) is 5.67 Å².